The highest BCUT2D eigenvalue weighted by Gasteiger charge is 2.28. The molecule has 12 heteroatoms. The van der Waals surface area contributed by atoms with Crippen LogP contribution in [0.5, 0.6) is 0 Å². The molecule has 1 aliphatic rings. The lowest BCUT2D eigenvalue weighted by Crippen LogP contribution is -2.45. The zero-order chi connectivity index (χ0) is 28.0. The third kappa shape index (κ3) is 4.42. The number of hydrogen-bond acceptors (Lipinski definition) is 6. The topological polar surface area (TPSA) is 141 Å². The number of aromatic carboxylic acids is 1. The summed E-state index contributed by atoms with van der Waals surface area (Å²) in [4.78, 5) is 59.9. The average Bonchev–Trinajstić information content (AvgIpc) is 3.39. The van der Waals surface area contributed by atoms with E-state index in [0.717, 1.165) is 21.4 Å². The van der Waals surface area contributed by atoms with E-state index in [-0.39, 0.29) is 34.2 Å². The molecule has 0 spiro atoms. The van der Waals surface area contributed by atoms with Crippen LogP contribution in [0.25, 0.3) is 22.4 Å². The third-order valence-electron chi connectivity index (χ3n) is 7.24. The first-order chi connectivity index (χ1) is 19.3. The molecule has 1 saturated carbocycles. The van der Waals surface area contributed by atoms with Crippen LogP contribution in [-0.2, 0) is 0 Å². The highest BCUT2D eigenvalue weighted by molar-refractivity contribution is 5.93. The fourth-order valence-electron chi connectivity index (χ4n) is 5.30. The van der Waals surface area contributed by atoms with Crippen molar-refractivity contribution in [1.82, 2.24) is 28.8 Å². The molecule has 4 heterocycles. The highest BCUT2D eigenvalue weighted by atomic mass is 19.1. The molecule has 4 aromatic heterocycles. The summed E-state index contributed by atoms with van der Waals surface area (Å²) in [7, 11) is 0. The molecule has 11 nitrogen and oxygen atoms in total. The maximum absolute atomic E-state index is 14.2. The molecular formula is C28H23FN6O5. The fraction of sp³-hybridized carbons (Fsp3) is 0.214. The number of nitrogens with one attached hydrogen (secondary N) is 1. The molecule has 40 heavy (non-hydrogen) atoms. The largest absolute Gasteiger partial charge is 0.478 e. The minimum absolute atomic E-state index is 0.0562. The second-order valence-corrected chi connectivity index (χ2v) is 9.74. The number of imidazole rings is 1. The Hall–Kier alpha value is -5.13. The molecule has 0 bridgehead atoms. The van der Waals surface area contributed by atoms with Crippen molar-refractivity contribution in [1.29, 1.82) is 0 Å². The number of rotatable bonds is 5. The van der Waals surface area contributed by atoms with Crippen molar-refractivity contribution in [3.8, 4) is 5.69 Å². The number of hydrogen-bond donors (Lipinski definition) is 2. The molecule has 1 amide bonds. The Labute approximate surface area is 225 Å². The van der Waals surface area contributed by atoms with E-state index in [1.807, 2.05) is 12.1 Å². The number of halogens is 1. The lowest BCUT2D eigenvalue weighted by molar-refractivity contribution is 0.0696. The summed E-state index contributed by atoms with van der Waals surface area (Å²) in [6.45, 7) is 0. The zero-order valence-corrected chi connectivity index (χ0v) is 21.0. The maximum atomic E-state index is 14.2. The van der Waals surface area contributed by atoms with Crippen molar-refractivity contribution < 1.29 is 19.1 Å². The Kier molecular flexibility index (Phi) is 6.21. The van der Waals surface area contributed by atoms with Gasteiger partial charge in [0.25, 0.3) is 11.5 Å². The molecule has 5 aromatic rings. The molecular weight excluding hydrogens is 519 g/mol. The second-order valence-electron chi connectivity index (χ2n) is 9.74. The number of aromatic nitrogens is 5. The van der Waals surface area contributed by atoms with Gasteiger partial charge in [0.05, 0.1) is 22.8 Å². The minimum atomic E-state index is -1.18. The van der Waals surface area contributed by atoms with Crippen LogP contribution in [0.15, 0.2) is 76.7 Å². The van der Waals surface area contributed by atoms with E-state index in [1.165, 1.54) is 24.3 Å². The van der Waals surface area contributed by atoms with Crippen molar-refractivity contribution >= 4 is 28.6 Å². The third-order valence-corrected chi connectivity index (χ3v) is 7.24. The quantitative estimate of drug-likeness (QED) is 0.348. The number of fused-ring (bicyclic) bond motifs is 2. The zero-order valence-electron chi connectivity index (χ0n) is 21.0. The number of nitrogens with zero attached hydrogens (tertiary/aromatic N) is 5. The van der Waals surface area contributed by atoms with Crippen LogP contribution in [-0.4, -0.2) is 46.5 Å². The fourth-order valence-corrected chi connectivity index (χ4v) is 5.30. The number of carbonyl (C=O) groups is 2. The molecule has 0 radical (unpaired) electrons. The van der Waals surface area contributed by atoms with Gasteiger partial charge in [0.1, 0.15) is 17.2 Å². The Morgan fingerprint density at radius 1 is 1.02 bits per heavy atom. The molecule has 202 valence electrons. The lowest BCUT2D eigenvalue weighted by Gasteiger charge is -2.30. The molecule has 1 fully saturated rings. The van der Waals surface area contributed by atoms with Crippen LogP contribution < -0.4 is 16.6 Å². The van der Waals surface area contributed by atoms with Crippen molar-refractivity contribution in [2.45, 2.75) is 37.8 Å². The highest BCUT2D eigenvalue weighted by Crippen LogP contribution is 2.28. The Balaban J connectivity index is 1.31. The monoisotopic (exact) mass is 542 g/mol. The molecule has 6 rings (SSSR count). The van der Waals surface area contributed by atoms with E-state index >= 15 is 0 Å². The average molecular weight is 543 g/mol. The number of carboxylic acid groups (broad SMARTS) is 1. The summed E-state index contributed by atoms with van der Waals surface area (Å²) in [5, 5.41) is 12.3. The van der Waals surface area contributed by atoms with Crippen LogP contribution in [0, 0.1) is 5.82 Å². The van der Waals surface area contributed by atoms with Gasteiger partial charge in [0.15, 0.2) is 5.65 Å². The second kappa shape index (κ2) is 9.88. The van der Waals surface area contributed by atoms with Gasteiger partial charge in [0, 0.05) is 24.5 Å². The van der Waals surface area contributed by atoms with Gasteiger partial charge in [0.2, 0.25) is 0 Å². The van der Waals surface area contributed by atoms with Crippen molar-refractivity contribution in [3.63, 3.8) is 0 Å². The summed E-state index contributed by atoms with van der Waals surface area (Å²) in [6.07, 6.45) is 6.19. The summed E-state index contributed by atoms with van der Waals surface area (Å²) in [6, 6.07) is 11.5. The SMILES string of the molecule is O=C(O)c1cccc(-n2c(=O)n(C3CCC(NC(=O)c4cn5ccccc5n4)CC3)c(=O)c3cc(F)cnc32)c1. The van der Waals surface area contributed by atoms with Gasteiger partial charge in [-0.1, -0.05) is 12.1 Å². The Morgan fingerprint density at radius 2 is 1.82 bits per heavy atom. The molecule has 0 unspecified atom stereocenters. The van der Waals surface area contributed by atoms with Gasteiger partial charge < -0.3 is 14.8 Å². The van der Waals surface area contributed by atoms with Crippen molar-refractivity contribution in [2.24, 2.45) is 0 Å². The Bertz CT molecular complexity index is 1890. The predicted molar refractivity (Wildman–Crippen MR) is 142 cm³/mol. The van der Waals surface area contributed by atoms with E-state index in [2.05, 4.69) is 15.3 Å². The molecule has 0 saturated heterocycles. The predicted octanol–water partition coefficient (Wildman–Crippen LogP) is 2.95. The number of amides is 1. The van der Waals surface area contributed by atoms with Gasteiger partial charge in [-0.2, -0.15) is 0 Å². The number of carboxylic acids is 1. The van der Waals surface area contributed by atoms with Gasteiger partial charge in [-0.3, -0.25) is 14.2 Å². The van der Waals surface area contributed by atoms with Gasteiger partial charge >= 0.3 is 11.7 Å². The van der Waals surface area contributed by atoms with E-state index in [0.29, 0.717) is 37.0 Å². The van der Waals surface area contributed by atoms with Crippen LogP contribution >= 0.6 is 0 Å². The van der Waals surface area contributed by atoms with Crippen molar-refractivity contribution in [2.75, 3.05) is 0 Å². The normalized spacial score (nSPS) is 17.2. The molecule has 0 atom stereocenters. The molecule has 1 aromatic carbocycles. The summed E-state index contributed by atoms with van der Waals surface area (Å²) < 4.78 is 18.1. The summed E-state index contributed by atoms with van der Waals surface area (Å²) in [5.41, 5.74) is -0.353. The number of benzene rings is 1. The van der Waals surface area contributed by atoms with E-state index in [9.17, 15) is 28.7 Å². The molecule has 1 aliphatic carbocycles. The van der Waals surface area contributed by atoms with E-state index < -0.39 is 29.1 Å². The summed E-state index contributed by atoms with van der Waals surface area (Å²) >= 11 is 0. The molecule has 0 aliphatic heterocycles. The van der Waals surface area contributed by atoms with Crippen LogP contribution in [0.2, 0.25) is 0 Å². The van der Waals surface area contributed by atoms with Crippen LogP contribution in [0.4, 0.5) is 4.39 Å². The van der Waals surface area contributed by atoms with E-state index in [1.54, 1.807) is 22.9 Å². The maximum Gasteiger partial charge on any atom is 0.337 e. The van der Waals surface area contributed by atoms with Crippen LogP contribution in [0.1, 0.15) is 52.6 Å². The van der Waals surface area contributed by atoms with Gasteiger partial charge in [-0.05, 0) is 62.1 Å². The van der Waals surface area contributed by atoms with Gasteiger partial charge in [-0.15, -0.1) is 0 Å². The standard InChI is InChI=1S/C28H23FN6O5/c29-17-13-21-24(30-14-17)34(20-5-3-4-16(12-20)27(38)39)28(40)35(26(21)37)19-9-7-18(8-10-19)31-25(36)22-15-33-11-2-1-6-23(33)32-22/h1-6,11-15,18-19H,7-10H2,(H,31,36)(H,38,39). The summed E-state index contributed by atoms with van der Waals surface area (Å²) in [5.74, 6) is -2.23. The smallest absolute Gasteiger partial charge is 0.337 e. The lowest BCUT2D eigenvalue weighted by atomic mass is 9.90. The minimum Gasteiger partial charge on any atom is -0.478 e. The molecule has 2 N–H and O–H groups in total. The first-order valence-corrected chi connectivity index (χ1v) is 12.7. The van der Waals surface area contributed by atoms with E-state index in [4.69, 9.17) is 0 Å². The number of pyridine rings is 2. The first-order valence-electron chi connectivity index (χ1n) is 12.7. The Morgan fingerprint density at radius 3 is 2.58 bits per heavy atom. The number of carbonyl (C=O) groups excluding carboxylic acids is 1. The van der Waals surface area contributed by atoms with Gasteiger partial charge in [-0.25, -0.2) is 28.5 Å². The van der Waals surface area contributed by atoms with Crippen LogP contribution in [0.3, 0.4) is 0 Å². The van der Waals surface area contributed by atoms with Crippen molar-refractivity contribution in [3.05, 3.63) is 105 Å². The first kappa shape index (κ1) is 25.2.